The highest BCUT2D eigenvalue weighted by molar-refractivity contribution is 9.10. The van der Waals surface area contributed by atoms with Gasteiger partial charge in [0.1, 0.15) is 5.25 Å². The van der Waals surface area contributed by atoms with Crippen molar-refractivity contribution in [1.82, 2.24) is 0 Å². The predicted octanol–water partition coefficient (Wildman–Crippen LogP) is 3.82. The predicted molar refractivity (Wildman–Crippen MR) is 82.2 cm³/mol. The Hall–Kier alpha value is -1.46. The molecule has 96 valence electrons. The molecule has 5 heteroatoms. The van der Waals surface area contributed by atoms with Gasteiger partial charge in [0.25, 0.3) is 0 Å². The zero-order chi connectivity index (χ0) is 13.4. The molecular weight excluding hydrogens is 324 g/mol. The monoisotopic (exact) mass is 334 g/mol. The van der Waals surface area contributed by atoms with Crippen LogP contribution in [0.2, 0.25) is 0 Å². The average Bonchev–Trinajstić information content (AvgIpc) is 2.39. The van der Waals surface area contributed by atoms with E-state index < -0.39 is 0 Å². The van der Waals surface area contributed by atoms with Crippen molar-refractivity contribution in [2.75, 3.05) is 11.1 Å². The lowest BCUT2D eigenvalue weighted by Crippen LogP contribution is -2.23. The maximum atomic E-state index is 12.2. The number of nitrogen functional groups attached to an aromatic ring is 1. The Morgan fingerprint density at radius 2 is 1.89 bits per heavy atom. The Bertz CT molecular complexity index is 642. The number of amides is 1. The van der Waals surface area contributed by atoms with Crippen LogP contribution in [-0.4, -0.2) is 5.91 Å². The molecule has 2 aromatic rings. The Morgan fingerprint density at radius 1 is 1.16 bits per heavy atom. The smallest absolute Gasteiger partial charge is 0.242 e. The van der Waals surface area contributed by atoms with E-state index in [4.69, 9.17) is 5.73 Å². The summed E-state index contributed by atoms with van der Waals surface area (Å²) in [5, 5.41) is 2.69. The number of rotatable bonds is 1. The van der Waals surface area contributed by atoms with Crippen molar-refractivity contribution < 1.29 is 4.79 Å². The summed E-state index contributed by atoms with van der Waals surface area (Å²) in [6, 6.07) is 13.4. The Kier molecular flexibility index (Phi) is 3.24. The van der Waals surface area contributed by atoms with E-state index in [0.717, 1.165) is 20.6 Å². The maximum Gasteiger partial charge on any atom is 0.242 e. The van der Waals surface area contributed by atoms with Gasteiger partial charge < -0.3 is 11.1 Å². The largest absolute Gasteiger partial charge is 0.399 e. The number of hydrogen-bond donors (Lipinski definition) is 2. The summed E-state index contributed by atoms with van der Waals surface area (Å²) in [5.74, 6) is -0.00887. The minimum atomic E-state index is -0.218. The Labute approximate surface area is 123 Å². The van der Waals surface area contributed by atoms with Crippen LogP contribution in [0.4, 0.5) is 11.4 Å². The first-order chi connectivity index (χ1) is 9.13. The summed E-state index contributed by atoms with van der Waals surface area (Å²) in [7, 11) is 0. The van der Waals surface area contributed by atoms with E-state index >= 15 is 0 Å². The molecule has 3 nitrogen and oxygen atoms in total. The van der Waals surface area contributed by atoms with Crippen molar-refractivity contribution >= 4 is 45.0 Å². The molecule has 1 unspecified atom stereocenters. The van der Waals surface area contributed by atoms with Crippen LogP contribution in [0.25, 0.3) is 0 Å². The molecule has 0 saturated carbocycles. The van der Waals surface area contributed by atoms with E-state index in [9.17, 15) is 4.79 Å². The van der Waals surface area contributed by atoms with Crippen molar-refractivity contribution in [2.45, 2.75) is 10.1 Å². The first-order valence-corrected chi connectivity index (χ1v) is 7.43. The van der Waals surface area contributed by atoms with Gasteiger partial charge in [0.2, 0.25) is 5.91 Å². The van der Waals surface area contributed by atoms with Gasteiger partial charge in [0.05, 0.1) is 5.69 Å². The van der Waals surface area contributed by atoms with Crippen LogP contribution in [0.1, 0.15) is 10.8 Å². The number of carbonyl (C=O) groups is 1. The molecule has 0 bridgehead atoms. The van der Waals surface area contributed by atoms with Crippen molar-refractivity contribution in [1.29, 1.82) is 0 Å². The topological polar surface area (TPSA) is 55.1 Å². The Balaban J connectivity index is 1.95. The summed E-state index contributed by atoms with van der Waals surface area (Å²) < 4.78 is 1.01. The van der Waals surface area contributed by atoms with Crippen LogP contribution in [0.15, 0.2) is 51.8 Å². The van der Waals surface area contributed by atoms with Crippen LogP contribution in [-0.2, 0) is 4.79 Å². The van der Waals surface area contributed by atoms with Gasteiger partial charge in [0, 0.05) is 15.1 Å². The van der Waals surface area contributed by atoms with Crippen LogP contribution < -0.4 is 11.1 Å². The van der Waals surface area contributed by atoms with Gasteiger partial charge in [-0.2, -0.15) is 0 Å². The van der Waals surface area contributed by atoms with Gasteiger partial charge in [-0.05, 0) is 35.9 Å². The summed E-state index contributed by atoms with van der Waals surface area (Å²) in [4.78, 5) is 13.2. The fourth-order valence-corrected chi connectivity index (χ4v) is 3.34. The molecule has 0 aliphatic carbocycles. The number of carbonyl (C=O) groups excluding carboxylic acids is 1. The number of halogens is 1. The van der Waals surface area contributed by atoms with E-state index in [-0.39, 0.29) is 11.2 Å². The number of hydrogen-bond acceptors (Lipinski definition) is 3. The molecule has 0 spiro atoms. The van der Waals surface area contributed by atoms with E-state index in [1.165, 1.54) is 0 Å². The zero-order valence-corrected chi connectivity index (χ0v) is 12.3. The van der Waals surface area contributed by atoms with Gasteiger partial charge in [-0.3, -0.25) is 4.79 Å². The lowest BCUT2D eigenvalue weighted by molar-refractivity contribution is -0.115. The SMILES string of the molecule is Nc1ccc2c(c1)NC(=O)C(c1ccc(Br)cc1)S2. The highest BCUT2D eigenvalue weighted by Gasteiger charge is 2.28. The molecule has 1 aliphatic rings. The van der Waals surface area contributed by atoms with Crippen LogP contribution >= 0.6 is 27.7 Å². The number of anilines is 2. The molecule has 3 N–H and O–H groups in total. The number of nitrogens with one attached hydrogen (secondary N) is 1. The number of thioether (sulfide) groups is 1. The van der Waals surface area contributed by atoms with Crippen molar-refractivity contribution in [3.63, 3.8) is 0 Å². The highest BCUT2D eigenvalue weighted by Crippen LogP contribution is 2.44. The Morgan fingerprint density at radius 3 is 2.63 bits per heavy atom. The zero-order valence-electron chi connectivity index (χ0n) is 9.89. The standard InChI is InChI=1S/C14H11BrN2OS/c15-9-3-1-8(2-4-9)13-14(18)17-11-7-10(16)5-6-12(11)19-13/h1-7,13H,16H2,(H,17,18). The quantitative estimate of drug-likeness (QED) is 0.779. The molecule has 1 atom stereocenters. The molecule has 1 aliphatic heterocycles. The van der Waals surface area contributed by atoms with E-state index in [0.29, 0.717) is 5.69 Å². The molecule has 2 aromatic carbocycles. The average molecular weight is 335 g/mol. The first kappa shape index (κ1) is 12.6. The second kappa shape index (κ2) is 4.90. The number of benzene rings is 2. The number of fused-ring (bicyclic) bond motifs is 1. The lowest BCUT2D eigenvalue weighted by atomic mass is 10.1. The molecule has 1 heterocycles. The van der Waals surface area contributed by atoms with E-state index in [1.807, 2.05) is 36.4 Å². The minimum absolute atomic E-state index is 0.00887. The molecule has 0 radical (unpaired) electrons. The van der Waals surface area contributed by atoms with E-state index in [2.05, 4.69) is 21.2 Å². The van der Waals surface area contributed by atoms with Crippen molar-refractivity contribution in [3.05, 3.63) is 52.5 Å². The molecular formula is C14H11BrN2OS. The molecule has 19 heavy (non-hydrogen) atoms. The summed E-state index contributed by atoms with van der Waals surface area (Å²) in [6.45, 7) is 0. The maximum absolute atomic E-state index is 12.2. The van der Waals surface area contributed by atoms with Crippen LogP contribution in [0.3, 0.4) is 0 Å². The van der Waals surface area contributed by atoms with Crippen LogP contribution in [0.5, 0.6) is 0 Å². The fraction of sp³-hybridized carbons (Fsp3) is 0.0714. The van der Waals surface area contributed by atoms with Gasteiger partial charge in [0.15, 0.2) is 0 Å². The minimum Gasteiger partial charge on any atom is -0.399 e. The summed E-state index contributed by atoms with van der Waals surface area (Å²) in [6.07, 6.45) is 0. The van der Waals surface area contributed by atoms with Crippen molar-refractivity contribution in [3.8, 4) is 0 Å². The molecule has 0 fully saturated rings. The molecule has 0 aromatic heterocycles. The third kappa shape index (κ3) is 2.48. The molecule has 1 amide bonds. The summed E-state index contributed by atoms with van der Waals surface area (Å²) in [5.41, 5.74) is 8.17. The van der Waals surface area contributed by atoms with Gasteiger partial charge in [-0.25, -0.2) is 0 Å². The molecule has 0 saturated heterocycles. The third-order valence-corrected chi connectivity index (χ3v) is 4.78. The summed E-state index contributed by atoms with van der Waals surface area (Å²) >= 11 is 4.95. The third-order valence-electron chi connectivity index (χ3n) is 2.92. The normalized spacial score (nSPS) is 17.7. The second-order valence-corrected chi connectivity index (χ2v) is 6.36. The van der Waals surface area contributed by atoms with Gasteiger partial charge in [-0.15, -0.1) is 11.8 Å². The number of nitrogens with two attached hydrogens (primary N) is 1. The van der Waals surface area contributed by atoms with Gasteiger partial charge >= 0.3 is 0 Å². The lowest BCUT2D eigenvalue weighted by Gasteiger charge is -2.24. The first-order valence-electron chi connectivity index (χ1n) is 5.76. The highest BCUT2D eigenvalue weighted by atomic mass is 79.9. The van der Waals surface area contributed by atoms with Crippen LogP contribution in [0, 0.1) is 0 Å². The molecule has 3 rings (SSSR count). The van der Waals surface area contributed by atoms with Crippen molar-refractivity contribution in [2.24, 2.45) is 0 Å². The van der Waals surface area contributed by atoms with Gasteiger partial charge in [-0.1, -0.05) is 28.1 Å². The van der Waals surface area contributed by atoms with E-state index in [1.54, 1.807) is 17.8 Å². The fourth-order valence-electron chi connectivity index (χ4n) is 1.98. The second-order valence-electron chi connectivity index (χ2n) is 4.29.